The molecule has 196 valence electrons. The van der Waals surface area contributed by atoms with Crippen molar-refractivity contribution in [2.75, 3.05) is 18.0 Å². The van der Waals surface area contributed by atoms with Crippen molar-refractivity contribution in [2.45, 2.75) is 65.8 Å². The number of ether oxygens (including phenoxy) is 1. The van der Waals surface area contributed by atoms with Crippen LogP contribution >= 0.6 is 0 Å². The van der Waals surface area contributed by atoms with Gasteiger partial charge in [0.1, 0.15) is 5.75 Å². The Balaban J connectivity index is 1.76. The summed E-state index contributed by atoms with van der Waals surface area (Å²) in [6.45, 7) is 7.72. The van der Waals surface area contributed by atoms with Gasteiger partial charge in [0.25, 0.3) is 0 Å². The fraction of sp³-hybridized carbons (Fsp3) is 0.481. The van der Waals surface area contributed by atoms with E-state index in [-0.39, 0.29) is 18.1 Å². The van der Waals surface area contributed by atoms with Crippen molar-refractivity contribution in [1.29, 1.82) is 0 Å². The topological polar surface area (TPSA) is 78.9 Å². The van der Waals surface area contributed by atoms with Gasteiger partial charge in [-0.15, -0.1) is 13.2 Å². The van der Waals surface area contributed by atoms with Crippen molar-refractivity contribution >= 4 is 18.1 Å². The second-order valence-electron chi connectivity index (χ2n) is 9.48. The number of carbonyl (C=O) groups is 2. The van der Waals surface area contributed by atoms with E-state index in [4.69, 9.17) is 0 Å². The molecule has 0 aromatic heterocycles. The number of rotatable bonds is 12. The number of benzene rings is 2. The van der Waals surface area contributed by atoms with Gasteiger partial charge in [-0.2, -0.15) is 0 Å². The number of fused-ring (bicyclic) bond motifs is 1. The van der Waals surface area contributed by atoms with Crippen LogP contribution in [0.1, 0.15) is 52.6 Å². The molecule has 2 N–H and O–H groups in total. The van der Waals surface area contributed by atoms with E-state index >= 15 is 0 Å². The molecule has 1 aliphatic rings. The van der Waals surface area contributed by atoms with E-state index in [1.807, 2.05) is 0 Å². The number of halogens is 3. The smallest absolute Gasteiger partial charge is 0.481 e. The summed E-state index contributed by atoms with van der Waals surface area (Å²) in [5.74, 6) is -1.08. The number of nitrogens with one attached hydrogen (secondary N) is 1. The van der Waals surface area contributed by atoms with Gasteiger partial charge < -0.3 is 20.1 Å². The van der Waals surface area contributed by atoms with Gasteiger partial charge in [0, 0.05) is 31.7 Å². The average molecular weight is 507 g/mol. The SMILES string of the molecule is Cc1ccc(CCC(CCNC=O)CC(=O)O)c(C)c1CN1CCc2cc(OC(F)(F)F)cc(C)c21. The van der Waals surface area contributed by atoms with Crippen LogP contribution in [0.5, 0.6) is 5.75 Å². The Morgan fingerprint density at radius 3 is 2.61 bits per heavy atom. The fourth-order valence-corrected chi connectivity index (χ4v) is 5.12. The molecule has 6 nitrogen and oxygen atoms in total. The molecule has 3 rings (SSSR count). The zero-order valence-electron chi connectivity index (χ0n) is 20.9. The van der Waals surface area contributed by atoms with E-state index in [0.717, 1.165) is 39.9 Å². The summed E-state index contributed by atoms with van der Waals surface area (Å²) in [5.41, 5.74) is 7.16. The minimum Gasteiger partial charge on any atom is -0.481 e. The molecule has 0 bridgehead atoms. The van der Waals surface area contributed by atoms with Crippen LogP contribution in [-0.2, 0) is 29.0 Å². The van der Waals surface area contributed by atoms with Crippen LogP contribution in [0.25, 0.3) is 0 Å². The third-order valence-corrected chi connectivity index (χ3v) is 6.91. The van der Waals surface area contributed by atoms with E-state index in [1.165, 1.54) is 17.7 Å². The zero-order chi connectivity index (χ0) is 26.5. The minimum absolute atomic E-state index is 0.0414. The van der Waals surface area contributed by atoms with Gasteiger partial charge >= 0.3 is 12.3 Å². The summed E-state index contributed by atoms with van der Waals surface area (Å²) < 4.78 is 42.2. The molecular weight excluding hydrogens is 473 g/mol. The van der Waals surface area contributed by atoms with Crippen molar-refractivity contribution in [3.63, 3.8) is 0 Å². The fourth-order valence-electron chi connectivity index (χ4n) is 5.12. The van der Waals surface area contributed by atoms with Gasteiger partial charge in [0.15, 0.2) is 0 Å². The second kappa shape index (κ2) is 11.7. The van der Waals surface area contributed by atoms with Crippen LogP contribution in [0.3, 0.4) is 0 Å². The van der Waals surface area contributed by atoms with E-state index in [0.29, 0.717) is 45.3 Å². The first-order valence-electron chi connectivity index (χ1n) is 12.1. The van der Waals surface area contributed by atoms with Crippen LogP contribution in [0.4, 0.5) is 18.9 Å². The number of hydrogen-bond acceptors (Lipinski definition) is 4. The molecule has 1 heterocycles. The van der Waals surface area contributed by atoms with Crippen LogP contribution in [0.2, 0.25) is 0 Å². The van der Waals surface area contributed by atoms with Crippen molar-refractivity contribution in [3.05, 3.63) is 57.6 Å². The van der Waals surface area contributed by atoms with Crippen LogP contribution < -0.4 is 15.0 Å². The summed E-state index contributed by atoms with van der Waals surface area (Å²) in [4.78, 5) is 24.0. The molecule has 0 fully saturated rings. The first-order chi connectivity index (χ1) is 17.0. The standard InChI is InChI=1S/C27H33F3N2O4/c1-17-4-6-21(7-5-20(13-25(34)35)8-10-31-16-33)19(3)24(17)15-32-11-9-22-14-23(36-27(28,29)30)12-18(2)26(22)32/h4,6,12,14,16,20H,5,7-11,13,15H2,1-3H3,(H,31,33)(H,34,35). The number of carbonyl (C=O) groups excluding carboxylic acids is 1. The highest BCUT2D eigenvalue weighted by Crippen LogP contribution is 2.38. The Labute approximate surface area is 209 Å². The Morgan fingerprint density at radius 1 is 1.19 bits per heavy atom. The molecule has 2 aromatic rings. The number of hydrogen-bond donors (Lipinski definition) is 2. The summed E-state index contributed by atoms with van der Waals surface area (Å²) in [6, 6.07) is 7.07. The van der Waals surface area contributed by atoms with Crippen molar-refractivity contribution < 1.29 is 32.6 Å². The number of carboxylic acid groups (broad SMARTS) is 1. The average Bonchev–Trinajstić information content (AvgIpc) is 3.17. The summed E-state index contributed by atoms with van der Waals surface area (Å²) in [6.07, 6.45) is -1.36. The third-order valence-electron chi connectivity index (χ3n) is 6.91. The molecule has 9 heteroatoms. The Morgan fingerprint density at radius 2 is 1.94 bits per heavy atom. The molecule has 1 atom stereocenters. The first kappa shape index (κ1) is 27.4. The predicted octanol–water partition coefficient (Wildman–Crippen LogP) is 5.23. The maximum Gasteiger partial charge on any atom is 0.573 e. The lowest BCUT2D eigenvalue weighted by Crippen LogP contribution is -2.22. The lowest BCUT2D eigenvalue weighted by atomic mass is 9.89. The number of nitrogens with zero attached hydrogens (tertiary/aromatic N) is 1. The molecule has 1 unspecified atom stereocenters. The molecular formula is C27H33F3N2O4. The molecule has 0 aliphatic carbocycles. The quantitative estimate of drug-likeness (QED) is 0.304. The first-order valence-corrected chi connectivity index (χ1v) is 12.1. The number of alkyl halides is 3. The van der Waals surface area contributed by atoms with Crippen LogP contribution in [-0.4, -0.2) is 36.9 Å². The van der Waals surface area contributed by atoms with Gasteiger partial charge in [-0.3, -0.25) is 9.59 Å². The minimum atomic E-state index is -4.72. The molecule has 2 aromatic carbocycles. The third kappa shape index (κ3) is 7.15. The van der Waals surface area contributed by atoms with Crippen molar-refractivity contribution in [3.8, 4) is 5.75 Å². The van der Waals surface area contributed by atoms with Crippen molar-refractivity contribution in [1.82, 2.24) is 5.32 Å². The molecule has 36 heavy (non-hydrogen) atoms. The van der Waals surface area contributed by atoms with Crippen LogP contribution in [0.15, 0.2) is 24.3 Å². The number of aliphatic carboxylic acids is 1. The Bertz CT molecular complexity index is 1100. The van der Waals surface area contributed by atoms with Crippen LogP contribution in [0, 0.1) is 26.7 Å². The highest BCUT2D eigenvalue weighted by atomic mass is 19.4. The van der Waals surface area contributed by atoms with E-state index in [9.17, 15) is 27.9 Å². The summed E-state index contributed by atoms with van der Waals surface area (Å²) >= 11 is 0. The van der Waals surface area contributed by atoms with Gasteiger partial charge in [-0.1, -0.05) is 12.1 Å². The number of aryl methyl sites for hydroxylation is 3. The predicted molar refractivity (Wildman–Crippen MR) is 131 cm³/mol. The molecule has 1 amide bonds. The number of carboxylic acids is 1. The highest BCUT2D eigenvalue weighted by Gasteiger charge is 2.32. The lowest BCUT2D eigenvalue weighted by Gasteiger charge is -2.25. The Hall–Kier alpha value is -3.23. The maximum atomic E-state index is 12.7. The Kier molecular flexibility index (Phi) is 8.87. The monoisotopic (exact) mass is 506 g/mol. The second-order valence-corrected chi connectivity index (χ2v) is 9.48. The van der Waals surface area contributed by atoms with Gasteiger partial charge in [0.05, 0.1) is 0 Å². The summed E-state index contributed by atoms with van der Waals surface area (Å²) in [7, 11) is 0. The number of amides is 1. The van der Waals surface area contributed by atoms with Gasteiger partial charge in [0.2, 0.25) is 6.41 Å². The summed E-state index contributed by atoms with van der Waals surface area (Å²) in [5, 5.41) is 11.9. The molecule has 1 aliphatic heterocycles. The normalized spacial score (nSPS) is 13.9. The lowest BCUT2D eigenvalue weighted by molar-refractivity contribution is -0.274. The highest BCUT2D eigenvalue weighted by molar-refractivity contribution is 5.67. The van der Waals surface area contributed by atoms with E-state index in [2.05, 4.69) is 40.9 Å². The van der Waals surface area contributed by atoms with Crippen molar-refractivity contribution in [2.24, 2.45) is 5.92 Å². The number of anilines is 1. The van der Waals surface area contributed by atoms with E-state index < -0.39 is 12.3 Å². The van der Waals surface area contributed by atoms with Gasteiger partial charge in [-0.05, 0) is 97.9 Å². The maximum absolute atomic E-state index is 12.7. The molecule has 0 saturated carbocycles. The largest absolute Gasteiger partial charge is 0.573 e. The molecule has 0 spiro atoms. The molecule has 0 radical (unpaired) electrons. The van der Waals surface area contributed by atoms with Gasteiger partial charge in [-0.25, -0.2) is 0 Å². The molecule has 0 saturated heterocycles. The zero-order valence-corrected chi connectivity index (χ0v) is 20.9. The van der Waals surface area contributed by atoms with E-state index in [1.54, 1.807) is 6.92 Å².